The molecule has 0 spiro atoms. The second-order valence-corrected chi connectivity index (χ2v) is 4.01. The van der Waals surface area contributed by atoms with Gasteiger partial charge in [0.15, 0.2) is 0 Å². The molecule has 0 aromatic heterocycles. The van der Waals surface area contributed by atoms with Crippen LogP contribution in [0.3, 0.4) is 0 Å². The summed E-state index contributed by atoms with van der Waals surface area (Å²) in [5, 5.41) is 0. The SMILES string of the molecule is CC#CC(=O)N1CCC(C2CC2)C1. The normalized spacial score (nSPS) is 26.8. The Balaban J connectivity index is 1.88. The fourth-order valence-corrected chi connectivity index (χ4v) is 2.11. The summed E-state index contributed by atoms with van der Waals surface area (Å²) in [7, 11) is 0. The molecule has 0 bridgehead atoms. The number of carbonyl (C=O) groups is 1. The number of hydrogen-bond acceptors (Lipinski definition) is 1. The molecule has 1 atom stereocenters. The van der Waals surface area contributed by atoms with E-state index in [4.69, 9.17) is 0 Å². The maximum atomic E-state index is 11.4. The number of nitrogens with zero attached hydrogens (tertiary/aromatic N) is 1. The van der Waals surface area contributed by atoms with Gasteiger partial charge in [0.1, 0.15) is 0 Å². The molecule has 1 unspecified atom stereocenters. The van der Waals surface area contributed by atoms with Crippen LogP contribution in [0.1, 0.15) is 26.2 Å². The van der Waals surface area contributed by atoms with E-state index in [1.54, 1.807) is 6.92 Å². The van der Waals surface area contributed by atoms with Crippen LogP contribution in [0.4, 0.5) is 0 Å². The van der Waals surface area contributed by atoms with Gasteiger partial charge in [-0.25, -0.2) is 0 Å². The highest BCUT2D eigenvalue weighted by Crippen LogP contribution is 2.41. The summed E-state index contributed by atoms with van der Waals surface area (Å²) < 4.78 is 0. The van der Waals surface area contributed by atoms with Crippen molar-refractivity contribution < 1.29 is 4.79 Å². The largest absolute Gasteiger partial charge is 0.332 e. The molecule has 0 radical (unpaired) electrons. The zero-order chi connectivity index (χ0) is 9.26. The Morgan fingerprint density at radius 1 is 1.31 bits per heavy atom. The summed E-state index contributed by atoms with van der Waals surface area (Å²) in [5.41, 5.74) is 0. The summed E-state index contributed by atoms with van der Waals surface area (Å²) >= 11 is 0. The molecule has 2 heteroatoms. The lowest BCUT2D eigenvalue weighted by atomic mass is 10.0. The lowest BCUT2D eigenvalue weighted by Gasteiger charge is -2.12. The number of hydrogen-bond donors (Lipinski definition) is 0. The van der Waals surface area contributed by atoms with Crippen LogP contribution in [0.25, 0.3) is 0 Å². The Bertz CT molecular complexity index is 270. The van der Waals surface area contributed by atoms with E-state index in [1.165, 1.54) is 19.3 Å². The van der Waals surface area contributed by atoms with Gasteiger partial charge in [-0.3, -0.25) is 4.79 Å². The van der Waals surface area contributed by atoms with Crippen molar-refractivity contribution in [2.24, 2.45) is 11.8 Å². The van der Waals surface area contributed by atoms with E-state index < -0.39 is 0 Å². The van der Waals surface area contributed by atoms with Crippen LogP contribution in [0, 0.1) is 23.7 Å². The topological polar surface area (TPSA) is 20.3 Å². The van der Waals surface area contributed by atoms with Gasteiger partial charge < -0.3 is 4.90 Å². The third-order valence-electron chi connectivity index (χ3n) is 3.03. The van der Waals surface area contributed by atoms with Gasteiger partial charge in [0.25, 0.3) is 5.91 Å². The van der Waals surface area contributed by atoms with Crippen LogP contribution in [-0.2, 0) is 4.79 Å². The fraction of sp³-hybridized carbons (Fsp3) is 0.727. The van der Waals surface area contributed by atoms with E-state index in [0.29, 0.717) is 0 Å². The molecular formula is C11H15NO. The van der Waals surface area contributed by atoms with Crippen molar-refractivity contribution in [2.75, 3.05) is 13.1 Å². The van der Waals surface area contributed by atoms with Crippen molar-refractivity contribution in [1.29, 1.82) is 0 Å². The van der Waals surface area contributed by atoms with Gasteiger partial charge in [-0.2, -0.15) is 0 Å². The third kappa shape index (κ3) is 1.85. The van der Waals surface area contributed by atoms with E-state index in [9.17, 15) is 4.79 Å². The standard InChI is InChI=1S/C11H15NO/c1-2-3-11(13)12-7-6-10(8-12)9-4-5-9/h9-10H,4-8H2,1H3. The van der Waals surface area contributed by atoms with Gasteiger partial charge in [-0.05, 0) is 43.9 Å². The van der Waals surface area contributed by atoms with Crippen molar-refractivity contribution in [3.8, 4) is 11.8 Å². The van der Waals surface area contributed by atoms with Gasteiger partial charge >= 0.3 is 0 Å². The molecular weight excluding hydrogens is 162 g/mol. The van der Waals surface area contributed by atoms with Crippen LogP contribution in [0.2, 0.25) is 0 Å². The minimum Gasteiger partial charge on any atom is -0.332 e. The smallest absolute Gasteiger partial charge is 0.298 e. The fourth-order valence-electron chi connectivity index (χ4n) is 2.11. The highest BCUT2D eigenvalue weighted by Gasteiger charge is 2.36. The van der Waals surface area contributed by atoms with E-state index >= 15 is 0 Å². The van der Waals surface area contributed by atoms with E-state index in [0.717, 1.165) is 24.9 Å². The number of rotatable bonds is 1. The first-order valence-corrected chi connectivity index (χ1v) is 5.03. The van der Waals surface area contributed by atoms with Gasteiger partial charge in [0.05, 0.1) is 0 Å². The quantitative estimate of drug-likeness (QED) is 0.552. The molecule has 13 heavy (non-hydrogen) atoms. The zero-order valence-electron chi connectivity index (χ0n) is 8.05. The predicted molar refractivity (Wildman–Crippen MR) is 50.9 cm³/mol. The molecule has 1 heterocycles. The Morgan fingerprint density at radius 2 is 2.08 bits per heavy atom. The van der Waals surface area contributed by atoms with E-state index in [1.807, 2.05) is 4.90 Å². The lowest BCUT2D eigenvalue weighted by Crippen LogP contribution is -2.27. The molecule has 0 aromatic carbocycles. The molecule has 1 saturated heterocycles. The van der Waals surface area contributed by atoms with E-state index in [2.05, 4.69) is 11.8 Å². The molecule has 2 fully saturated rings. The van der Waals surface area contributed by atoms with Crippen molar-refractivity contribution in [3.05, 3.63) is 0 Å². The third-order valence-corrected chi connectivity index (χ3v) is 3.03. The number of carbonyl (C=O) groups excluding carboxylic acids is 1. The van der Waals surface area contributed by atoms with Crippen molar-refractivity contribution in [3.63, 3.8) is 0 Å². The van der Waals surface area contributed by atoms with Crippen molar-refractivity contribution in [2.45, 2.75) is 26.2 Å². The van der Waals surface area contributed by atoms with Gasteiger partial charge in [0.2, 0.25) is 0 Å². The number of likely N-dealkylation sites (tertiary alicyclic amines) is 1. The second kappa shape index (κ2) is 3.41. The minimum atomic E-state index is 0.0191. The molecule has 1 aliphatic carbocycles. The van der Waals surface area contributed by atoms with Crippen LogP contribution in [0.5, 0.6) is 0 Å². The molecule has 1 aliphatic heterocycles. The zero-order valence-corrected chi connectivity index (χ0v) is 8.05. The van der Waals surface area contributed by atoms with Crippen molar-refractivity contribution >= 4 is 5.91 Å². The molecule has 0 aromatic rings. The van der Waals surface area contributed by atoms with Gasteiger partial charge in [-0.1, -0.05) is 5.92 Å². The molecule has 0 N–H and O–H groups in total. The highest BCUT2D eigenvalue weighted by atomic mass is 16.2. The predicted octanol–water partition coefficient (Wildman–Crippen LogP) is 1.27. The molecule has 2 nitrogen and oxygen atoms in total. The first kappa shape index (κ1) is 8.62. The summed E-state index contributed by atoms with van der Waals surface area (Å²) in [6.45, 7) is 3.60. The van der Waals surface area contributed by atoms with Crippen LogP contribution in [0.15, 0.2) is 0 Å². The molecule has 2 rings (SSSR count). The maximum Gasteiger partial charge on any atom is 0.298 e. The van der Waals surface area contributed by atoms with Crippen molar-refractivity contribution in [1.82, 2.24) is 4.90 Å². The molecule has 1 amide bonds. The van der Waals surface area contributed by atoms with Gasteiger partial charge in [-0.15, -0.1) is 0 Å². The average Bonchev–Trinajstić information content (AvgIpc) is 2.84. The minimum absolute atomic E-state index is 0.0191. The molecule has 70 valence electrons. The maximum absolute atomic E-state index is 11.4. The van der Waals surface area contributed by atoms with Crippen LogP contribution >= 0.6 is 0 Å². The Kier molecular flexibility index (Phi) is 2.26. The Labute approximate surface area is 79.3 Å². The highest BCUT2D eigenvalue weighted by molar-refractivity contribution is 5.93. The van der Waals surface area contributed by atoms with Crippen LogP contribution in [-0.4, -0.2) is 23.9 Å². The van der Waals surface area contributed by atoms with Crippen LogP contribution < -0.4 is 0 Å². The summed E-state index contributed by atoms with van der Waals surface area (Å²) in [6.07, 6.45) is 3.96. The first-order valence-electron chi connectivity index (χ1n) is 5.03. The summed E-state index contributed by atoms with van der Waals surface area (Å²) in [5.74, 6) is 6.99. The Hall–Kier alpha value is -0.970. The lowest BCUT2D eigenvalue weighted by molar-refractivity contribution is -0.124. The van der Waals surface area contributed by atoms with Gasteiger partial charge in [0, 0.05) is 13.1 Å². The molecule has 2 aliphatic rings. The average molecular weight is 177 g/mol. The van der Waals surface area contributed by atoms with E-state index in [-0.39, 0.29) is 5.91 Å². The summed E-state index contributed by atoms with van der Waals surface area (Å²) in [6, 6.07) is 0. The first-order chi connectivity index (χ1) is 6.31. The monoisotopic (exact) mass is 177 g/mol. The Morgan fingerprint density at radius 3 is 2.69 bits per heavy atom. The summed E-state index contributed by atoms with van der Waals surface area (Å²) in [4.78, 5) is 13.3. The number of amides is 1. The molecule has 1 saturated carbocycles. The second-order valence-electron chi connectivity index (χ2n) is 4.01.